The summed E-state index contributed by atoms with van der Waals surface area (Å²) in [4.78, 5) is 31.0. The van der Waals surface area contributed by atoms with Crippen LogP contribution in [-0.4, -0.2) is 49.4 Å². The van der Waals surface area contributed by atoms with Crippen molar-refractivity contribution in [2.75, 3.05) is 0 Å². The first kappa shape index (κ1) is 24.2. The third-order valence-corrected chi connectivity index (χ3v) is 5.89. The SMILES string of the molecule is N[C@@H](Cc1ccc(C2CC(=O)NS2(O)O)c(Br)c1)C(=O)O.O=C(O)C(F)(F)F. The number of aliphatic carboxylic acids is 2. The van der Waals surface area contributed by atoms with Crippen molar-refractivity contribution >= 4 is 44.6 Å². The monoisotopic (exact) mass is 492 g/mol. The lowest BCUT2D eigenvalue weighted by Gasteiger charge is -2.33. The molecule has 0 bridgehead atoms. The summed E-state index contributed by atoms with van der Waals surface area (Å²) < 4.78 is 54.2. The molecular formula is C14H16BrF3N2O7S. The fourth-order valence-electron chi connectivity index (χ4n) is 2.15. The Kier molecular flexibility index (Phi) is 7.84. The number of benzene rings is 1. The summed E-state index contributed by atoms with van der Waals surface area (Å²) in [7, 11) is -3.21. The lowest BCUT2D eigenvalue weighted by atomic mass is 10.0. The lowest BCUT2D eigenvalue weighted by molar-refractivity contribution is -0.192. The molecule has 2 atom stereocenters. The van der Waals surface area contributed by atoms with Gasteiger partial charge in [0.2, 0.25) is 5.91 Å². The molecule has 0 saturated carbocycles. The van der Waals surface area contributed by atoms with Crippen LogP contribution in [0.4, 0.5) is 13.2 Å². The third kappa shape index (κ3) is 6.63. The van der Waals surface area contributed by atoms with Gasteiger partial charge in [0.25, 0.3) is 0 Å². The Hall–Kier alpha value is -1.87. The fourth-order valence-corrected chi connectivity index (χ4v) is 4.51. The zero-order valence-corrected chi connectivity index (χ0v) is 16.2. The van der Waals surface area contributed by atoms with Crippen molar-refractivity contribution in [1.82, 2.24) is 4.72 Å². The number of nitrogens with one attached hydrogen (secondary N) is 1. The van der Waals surface area contributed by atoms with Gasteiger partial charge in [0.15, 0.2) is 0 Å². The molecule has 1 aliphatic heterocycles. The molecule has 0 aromatic heterocycles. The van der Waals surface area contributed by atoms with Crippen molar-refractivity contribution in [2.45, 2.75) is 30.3 Å². The van der Waals surface area contributed by atoms with E-state index in [2.05, 4.69) is 20.7 Å². The number of carbonyl (C=O) groups is 3. The molecule has 7 N–H and O–H groups in total. The Labute approximate surface area is 166 Å². The van der Waals surface area contributed by atoms with Crippen LogP contribution in [0.15, 0.2) is 22.7 Å². The second-order valence-electron chi connectivity index (χ2n) is 5.62. The number of alkyl halides is 3. The fraction of sp³-hybridized carbons (Fsp3) is 0.357. The second kappa shape index (κ2) is 9.09. The van der Waals surface area contributed by atoms with E-state index < -0.39 is 46.1 Å². The summed E-state index contributed by atoms with van der Waals surface area (Å²) in [6.07, 6.45) is -4.93. The Morgan fingerprint density at radius 3 is 2.21 bits per heavy atom. The highest BCUT2D eigenvalue weighted by molar-refractivity contribution is 9.10. The normalized spacial score (nSPS) is 20.4. The Morgan fingerprint density at radius 2 is 1.86 bits per heavy atom. The average Bonchev–Trinajstić information content (AvgIpc) is 2.79. The molecule has 28 heavy (non-hydrogen) atoms. The molecule has 0 aliphatic carbocycles. The quantitative estimate of drug-likeness (QED) is 0.371. The van der Waals surface area contributed by atoms with Crippen LogP contribution in [0.3, 0.4) is 0 Å². The maximum atomic E-state index is 11.3. The van der Waals surface area contributed by atoms with Gasteiger partial charge in [-0.25, -0.2) is 4.79 Å². The van der Waals surface area contributed by atoms with Gasteiger partial charge in [0, 0.05) is 4.47 Å². The Morgan fingerprint density at radius 1 is 1.32 bits per heavy atom. The van der Waals surface area contributed by atoms with E-state index in [9.17, 15) is 31.9 Å². The van der Waals surface area contributed by atoms with E-state index in [4.69, 9.17) is 20.7 Å². The van der Waals surface area contributed by atoms with E-state index in [0.717, 1.165) is 0 Å². The number of hydrogen-bond acceptors (Lipinski definition) is 6. The largest absolute Gasteiger partial charge is 0.490 e. The first-order valence-electron chi connectivity index (χ1n) is 7.29. The van der Waals surface area contributed by atoms with E-state index in [1.165, 1.54) is 0 Å². The highest BCUT2D eigenvalue weighted by Crippen LogP contribution is 2.57. The zero-order valence-electron chi connectivity index (χ0n) is 13.8. The van der Waals surface area contributed by atoms with E-state index >= 15 is 0 Å². The Balaban J connectivity index is 0.000000480. The minimum Gasteiger partial charge on any atom is -0.480 e. The number of carbonyl (C=O) groups excluding carboxylic acids is 1. The number of rotatable bonds is 4. The first-order valence-corrected chi connectivity index (χ1v) is 9.70. The van der Waals surface area contributed by atoms with Crippen LogP contribution in [0.2, 0.25) is 0 Å². The molecule has 1 unspecified atom stereocenters. The molecule has 1 amide bonds. The molecule has 1 aromatic rings. The minimum absolute atomic E-state index is 0.00504. The van der Waals surface area contributed by atoms with E-state index in [1.807, 2.05) is 0 Å². The molecule has 2 rings (SSSR count). The lowest BCUT2D eigenvalue weighted by Crippen LogP contribution is -2.32. The van der Waals surface area contributed by atoms with Gasteiger partial charge in [-0.05, 0) is 23.6 Å². The third-order valence-electron chi connectivity index (χ3n) is 3.46. The maximum Gasteiger partial charge on any atom is 0.490 e. The van der Waals surface area contributed by atoms with E-state index in [0.29, 0.717) is 15.6 Å². The van der Waals surface area contributed by atoms with Crippen molar-refractivity contribution in [3.8, 4) is 0 Å². The molecule has 1 aromatic carbocycles. The van der Waals surface area contributed by atoms with Crippen LogP contribution in [-0.2, 0) is 20.8 Å². The number of carboxylic acid groups (broad SMARTS) is 2. The molecule has 0 spiro atoms. The van der Waals surface area contributed by atoms with Gasteiger partial charge in [-0.1, -0.05) is 28.1 Å². The molecule has 0 radical (unpaired) electrons. The van der Waals surface area contributed by atoms with Gasteiger partial charge in [0.1, 0.15) is 11.3 Å². The zero-order chi connectivity index (χ0) is 21.9. The molecule has 9 nitrogen and oxygen atoms in total. The highest BCUT2D eigenvalue weighted by Gasteiger charge is 2.39. The average molecular weight is 493 g/mol. The van der Waals surface area contributed by atoms with Crippen molar-refractivity contribution in [2.24, 2.45) is 5.73 Å². The summed E-state index contributed by atoms with van der Waals surface area (Å²) in [5, 5.41) is 15.2. The van der Waals surface area contributed by atoms with Crippen molar-refractivity contribution < 1.29 is 46.9 Å². The smallest absolute Gasteiger partial charge is 0.480 e. The number of halogens is 4. The number of hydrogen-bond donors (Lipinski definition) is 6. The van der Waals surface area contributed by atoms with Crippen molar-refractivity contribution in [1.29, 1.82) is 0 Å². The minimum atomic E-state index is -5.08. The standard InChI is InChI=1S/C12H15BrN2O5S.C2HF3O2/c13-8-3-6(4-9(14)12(17)18)1-2-7(8)10-5-11(16)15-21(10,19)20;3-2(4,5)1(6)7/h1-3,9-10,19-20H,4-5,14H2,(H,15,16)(H,17,18);(H,6,7)/t9-,10?;/m0./s1. The van der Waals surface area contributed by atoms with Gasteiger partial charge < -0.3 is 15.9 Å². The molecule has 1 heterocycles. The number of amides is 1. The van der Waals surface area contributed by atoms with Crippen LogP contribution in [0.25, 0.3) is 0 Å². The number of nitrogens with two attached hydrogens (primary N) is 1. The Bertz CT molecular complexity index is 776. The summed E-state index contributed by atoms with van der Waals surface area (Å²) in [5.74, 6) is -4.26. The van der Waals surface area contributed by atoms with Crippen molar-refractivity contribution in [3.63, 3.8) is 0 Å². The maximum absolute atomic E-state index is 11.3. The van der Waals surface area contributed by atoms with Crippen molar-refractivity contribution in [3.05, 3.63) is 33.8 Å². The van der Waals surface area contributed by atoms with Crippen LogP contribution < -0.4 is 10.5 Å². The highest BCUT2D eigenvalue weighted by atomic mass is 79.9. The summed E-state index contributed by atoms with van der Waals surface area (Å²) in [6, 6.07) is 3.99. The topological polar surface area (TPSA) is 170 Å². The van der Waals surface area contributed by atoms with Gasteiger partial charge in [-0.3, -0.25) is 23.4 Å². The van der Waals surface area contributed by atoms with Crippen LogP contribution in [0.5, 0.6) is 0 Å². The predicted molar refractivity (Wildman–Crippen MR) is 95.5 cm³/mol. The second-order valence-corrected chi connectivity index (χ2v) is 8.43. The van der Waals surface area contributed by atoms with Crippen LogP contribution in [0.1, 0.15) is 22.8 Å². The summed E-state index contributed by atoms with van der Waals surface area (Å²) in [6.45, 7) is 0. The first-order chi connectivity index (χ1) is 12.6. The summed E-state index contributed by atoms with van der Waals surface area (Å²) in [5.41, 5.74) is 6.76. The molecule has 14 heteroatoms. The molecule has 158 valence electrons. The molecule has 1 aliphatic rings. The van der Waals surface area contributed by atoms with Crippen LogP contribution in [0, 0.1) is 0 Å². The predicted octanol–water partition coefficient (Wildman–Crippen LogP) is 2.26. The van der Waals surface area contributed by atoms with E-state index in [-0.39, 0.29) is 12.8 Å². The van der Waals surface area contributed by atoms with Gasteiger partial charge >= 0.3 is 18.1 Å². The number of carboxylic acids is 2. The van der Waals surface area contributed by atoms with Gasteiger partial charge in [-0.15, -0.1) is 10.8 Å². The molecule has 1 fully saturated rings. The summed E-state index contributed by atoms with van der Waals surface area (Å²) >= 11 is 3.32. The molecular weight excluding hydrogens is 477 g/mol. The van der Waals surface area contributed by atoms with Crippen LogP contribution >= 0.6 is 26.7 Å². The van der Waals surface area contributed by atoms with E-state index in [1.54, 1.807) is 18.2 Å². The molecule has 1 saturated heterocycles. The van der Waals surface area contributed by atoms with Gasteiger partial charge in [-0.2, -0.15) is 13.2 Å². The van der Waals surface area contributed by atoms with Gasteiger partial charge in [0.05, 0.1) is 6.42 Å².